The molecule has 0 amide bonds. The van der Waals surface area contributed by atoms with Gasteiger partial charge in [-0.2, -0.15) is 0 Å². The second-order valence-electron chi connectivity index (χ2n) is 8.24. The van der Waals surface area contributed by atoms with Crippen LogP contribution in [0.2, 0.25) is 0 Å². The van der Waals surface area contributed by atoms with Gasteiger partial charge in [0.25, 0.3) is 0 Å². The minimum absolute atomic E-state index is 0.0511. The van der Waals surface area contributed by atoms with Gasteiger partial charge in [-0.1, -0.05) is 35.0 Å². The average Bonchev–Trinajstić information content (AvgIpc) is 3.46. The number of hydrogen-bond acceptors (Lipinski definition) is 6. The van der Waals surface area contributed by atoms with Gasteiger partial charge >= 0.3 is 0 Å². The van der Waals surface area contributed by atoms with E-state index >= 15 is 0 Å². The van der Waals surface area contributed by atoms with E-state index in [-0.39, 0.29) is 6.04 Å². The van der Waals surface area contributed by atoms with Gasteiger partial charge in [-0.05, 0) is 68.9 Å². The summed E-state index contributed by atoms with van der Waals surface area (Å²) in [6.45, 7) is 4.57. The van der Waals surface area contributed by atoms with Gasteiger partial charge in [0.1, 0.15) is 4.21 Å². The predicted molar refractivity (Wildman–Crippen MR) is 124 cm³/mol. The van der Waals surface area contributed by atoms with E-state index in [1.165, 1.54) is 11.3 Å². The largest absolute Gasteiger partial charge is 0.356 e. The van der Waals surface area contributed by atoms with E-state index < -0.39 is 10.0 Å². The van der Waals surface area contributed by atoms with Crippen molar-refractivity contribution in [1.82, 2.24) is 14.8 Å². The fraction of sp³-hybridized carbons (Fsp3) is 0.348. The highest BCUT2D eigenvalue weighted by Gasteiger charge is 2.28. The Bertz CT molecular complexity index is 1330. The maximum absolute atomic E-state index is 12.9. The van der Waals surface area contributed by atoms with Crippen LogP contribution in [0.3, 0.4) is 0 Å². The van der Waals surface area contributed by atoms with Gasteiger partial charge in [0.05, 0.1) is 5.69 Å². The molecule has 0 aliphatic carbocycles. The molecule has 1 aliphatic heterocycles. The van der Waals surface area contributed by atoms with Crippen LogP contribution in [-0.2, 0) is 16.4 Å². The van der Waals surface area contributed by atoms with E-state index in [4.69, 9.17) is 4.52 Å². The summed E-state index contributed by atoms with van der Waals surface area (Å²) in [5.41, 5.74) is 2.95. The molecule has 5 rings (SSSR count). The van der Waals surface area contributed by atoms with Crippen molar-refractivity contribution >= 4 is 42.4 Å². The molecule has 31 heavy (non-hydrogen) atoms. The van der Waals surface area contributed by atoms with Crippen LogP contribution in [-0.4, -0.2) is 44.2 Å². The van der Waals surface area contributed by atoms with E-state index in [0.717, 1.165) is 71.2 Å². The molecule has 4 aromatic rings. The zero-order valence-electron chi connectivity index (χ0n) is 17.4. The van der Waals surface area contributed by atoms with Crippen molar-refractivity contribution in [3.05, 3.63) is 59.8 Å². The van der Waals surface area contributed by atoms with Crippen molar-refractivity contribution in [3.8, 4) is 0 Å². The molecule has 1 saturated heterocycles. The SMILES string of the molecule is Cc1ccc2sc(S(=O)(=O)N[C@H]3CCN(CCCc4noc5ccccc45)C3)cc2c1. The lowest BCUT2D eigenvalue weighted by molar-refractivity contribution is 0.326. The normalized spacial score (nSPS) is 17.8. The Morgan fingerprint density at radius 3 is 3.00 bits per heavy atom. The first-order valence-corrected chi connectivity index (χ1v) is 12.9. The van der Waals surface area contributed by atoms with Gasteiger partial charge in [-0.3, -0.25) is 0 Å². The number of hydrogen-bond donors (Lipinski definition) is 1. The summed E-state index contributed by atoms with van der Waals surface area (Å²) in [6, 6.07) is 15.7. The zero-order valence-corrected chi connectivity index (χ0v) is 19.0. The molecule has 0 saturated carbocycles. The van der Waals surface area contributed by atoms with Crippen LogP contribution in [0.1, 0.15) is 24.1 Å². The summed E-state index contributed by atoms with van der Waals surface area (Å²) >= 11 is 1.33. The number of aromatic nitrogens is 1. The summed E-state index contributed by atoms with van der Waals surface area (Å²) in [4.78, 5) is 2.32. The molecule has 0 radical (unpaired) electrons. The van der Waals surface area contributed by atoms with Gasteiger partial charge in [0, 0.05) is 22.7 Å². The fourth-order valence-corrected chi connectivity index (χ4v) is 6.93. The monoisotopic (exact) mass is 455 g/mol. The predicted octanol–water partition coefficient (Wildman–Crippen LogP) is 4.34. The highest BCUT2D eigenvalue weighted by Crippen LogP contribution is 2.30. The van der Waals surface area contributed by atoms with Crippen LogP contribution in [0, 0.1) is 6.92 Å². The van der Waals surface area contributed by atoms with Crippen molar-refractivity contribution in [2.24, 2.45) is 0 Å². The lowest BCUT2D eigenvalue weighted by Gasteiger charge is -2.16. The molecular weight excluding hydrogens is 430 g/mol. The van der Waals surface area contributed by atoms with Crippen molar-refractivity contribution < 1.29 is 12.9 Å². The van der Waals surface area contributed by atoms with E-state index in [2.05, 4.69) is 14.8 Å². The second-order valence-corrected chi connectivity index (χ2v) is 11.3. The number of nitrogens with one attached hydrogen (secondary N) is 1. The van der Waals surface area contributed by atoms with Crippen molar-refractivity contribution in [2.45, 2.75) is 36.4 Å². The van der Waals surface area contributed by atoms with Gasteiger partial charge in [-0.15, -0.1) is 11.3 Å². The number of para-hydroxylation sites is 1. The Hall–Kier alpha value is -2.26. The van der Waals surface area contributed by atoms with Crippen molar-refractivity contribution in [3.63, 3.8) is 0 Å². The number of likely N-dealkylation sites (tertiary alicyclic amines) is 1. The Labute approximate surface area is 185 Å². The van der Waals surface area contributed by atoms with Crippen molar-refractivity contribution in [2.75, 3.05) is 19.6 Å². The zero-order chi connectivity index (χ0) is 21.4. The molecule has 3 heterocycles. The molecule has 8 heteroatoms. The minimum atomic E-state index is -3.50. The number of sulfonamides is 1. The summed E-state index contributed by atoms with van der Waals surface area (Å²) in [6.07, 6.45) is 2.65. The summed E-state index contributed by atoms with van der Waals surface area (Å²) in [5, 5.41) is 6.26. The van der Waals surface area contributed by atoms with Crippen LogP contribution in [0.25, 0.3) is 21.1 Å². The first kappa shape index (κ1) is 20.6. The molecule has 0 unspecified atom stereocenters. The number of benzene rings is 2. The molecule has 2 aromatic heterocycles. The number of thiophene rings is 1. The molecule has 1 fully saturated rings. The Morgan fingerprint density at radius 1 is 1.23 bits per heavy atom. The third-order valence-corrected chi connectivity index (χ3v) is 8.96. The van der Waals surface area contributed by atoms with E-state index in [1.807, 2.05) is 49.4 Å². The molecular formula is C23H25N3O3S2. The van der Waals surface area contributed by atoms with Crippen LogP contribution >= 0.6 is 11.3 Å². The van der Waals surface area contributed by atoms with E-state index in [9.17, 15) is 8.42 Å². The van der Waals surface area contributed by atoms with Gasteiger partial charge < -0.3 is 9.42 Å². The highest BCUT2D eigenvalue weighted by molar-refractivity contribution is 7.91. The smallest absolute Gasteiger partial charge is 0.250 e. The molecule has 162 valence electrons. The van der Waals surface area contributed by atoms with Crippen molar-refractivity contribution in [1.29, 1.82) is 0 Å². The second kappa shape index (κ2) is 8.35. The first-order chi connectivity index (χ1) is 15.0. The third-order valence-electron chi connectivity index (χ3n) is 5.85. The number of nitrogens with zero attached hydrogens (tertiary/aromatic N) is 2. The summed E-state index contributed by atoms with van der Waals surface area (Å²) in [7, 11) is -3.50. The topological polar surface area (TPSA) is 75.4 Å². The van der Waals surface area contributed by atoms with Gasteiger partial charge in [0.15, 0.2) is 5.58 Å². The Balaban J connectivity index is 1.16. The molecule has 1 N–H and O–H groups in total. The summed E-state index contributed by atoms with van der Waals surface area (Å²) < 4.78 is 35.5. The quantitative estimate of drug-likeness (QED) is 0.449. The fourth-order valence-electron chi connectivity index (χ4n) is 4.27. The molecule has 6 nitrogen and oxygen atoms in total. The Morgan fingerprint density at radius 2 is 2.10 bits per heavy atom. The van der Waals surface area contributed by atoms with Crippen LogP contribution in [0.15, 0.2) is 57.3 Å². The Kier molecular flexibility index (Phi) is 5.56. The van der Waals surface area contributed by atoms with Crippen LogP contribution < -0.4 is 4.72 Å². The lowest BCUT2D eigenvalue weighted by atomic mass is 10.1. The third kappa shape index (κ3) is 4.39. The van der Waals surface area contributed by atoms with Crippen LogP contribution in [0.4, 0.5) is 0 Å². The minimum Gasteiger partial charge on any atom is -0.356 e. The molecule has 0 spiro atoms. The maximum Gasteiger partial charge on any atom is 0.250 e. The molecule has 2 aromatic carbocycles. The number of aryl methyl sites for hydroxylation is 2. The number of rotatable bonds is 7. The maximum atomic E-state index is 12.9. The lowest BCUT2D eigenvalue weighted by Crippen LogP contribution is -2.36. The standard InChI is InChI=1S/C23H25N3O3S2/c1-16-8-9-22-17(13-16)14-23(30-22)31(27,28)25-18-10-12-26(15-18)11-4-6-20-19-5-2-3-7-21(19)29-24-20/h2-3,5,7-9,13-14,18,25H,4,6,10-12,15H2,1H3/t18-/m0/s1. The summed E-state index contributed by atoms with van der Waals surface area (Å²) in [5.74, 6) is 0. The molecule has 1 aliphatic rings. The first-order valence-electron chi connectivity index (χ1n) is 10.6. The van der Waals surface area contributed by atoms with Crippen LogP contribution in [0.5, 0.6) is 0 Å². The number of fused-ring (bicyclic) bond motifs is 2. The molecule has 0 bridgehead atoms. The van der Waals surface area contributed by atoms with E-state index in [0.29, 0.717) is 4.21 Å². The van der Waals surface area contributed by atoms with E-state index in [1.54, 1.807) is 6.07 Å². The highest BCUT2D eigenvalue weighted by atomic mass is 32.2. The molecule has 1 atom stereocenters. The van der Waals surface area contributed by atoms with Gasteiger partial charge in [0.2, 0.25) is 10.0 Å². The average molecular weight is 456 g/mol. The van der Waals surface area contributed by atoms with Gasteiger partial charge in [-0.25, -0.2) is 13.1 Å².